The Kier molecular flexibility index (Phi) is 3.34. The largest absolute Gasteiger partial charge is 0.318 e. The molecule has 0 atom stereocenters. The molecule has 2 aromatic heterocycles. The van der Waals surface area contributed by atoms with Gasteiger partial charge in [0.25, 0.3) is 5.91 Å². The smallest absolute Gasteiger partial charge is 0.276 e. The second kappa shape index (κ2) is 5.45. The van der Waals surface area contributed by atoms with Gasteiger partial charge in [-0.2, -0.15) is 5.10 Å². The van der Waals surface area contributed by atoms with Crippen LogP contribution in [0, 0.1) is 5.82 Å². The molecule has 104 valence electrons. The van der Waals surface area contributed by atoms with Crippen molar-refractivity contribution in [2.24, 2.45) is 0 Å². The molecular formula is C13H9FN6O. The van der Waals surface area contributed by atoms with Crippen LogP contribution in [0.15, 0.2) is 49.1 Å². The topological polar surface area (TPSA) is 85.6 Å². The van der Waals surface area contributed by atoms with Crippen molar-refractivity contribution in [2.45, 2.75) is 0 Å². The number of para-hydroxylation sites is 1. The zero-order valence-electron chi connectivity index (χ0n) is 10.6. The molecule has 0 aliphatic heterocycles. The van der Waals surface area contributed by atoms with Gasteiger partial charge in [0.05, 0.1) is 5.69 Å². The van der Waals surface area contributed by atoms with Gasteiger partial charge in [0.15, 0.2) is 11.5 Å². The van der Waals surface area contributed by atoms with E-state index in [1.165, 1.54) is 41.6 Å². The number of anilines is 1. The molecule has 2 heterocycles. The van der Waals surface area contributed by atoms with Crippen molar-refractivity contribution in [1.29, 1.82) is 0 Å². The molecule has 1 amide bonds. The number of benzene rings is 1. The minimum Gasteiger partial charge on any atom is -0.318 e. The highest BCUT2D eigenvalue weighted by Crippen LogP contribution is 2.13. The van der Waals surface area contributed by atoms with Gasteiger partial charge in [-0.15, -0.1) is 10.2 Å². The Morgan fingerprint density at radius 2 is 2.00 bits per heavy atom. The Morgan fingerprint density at radius 3 is 2.67 bits per heavy atom. The van der Waals surface area contributed by atoms with Crippen molar-refractivity contribution in [3.63, 3.8) is 0 Å². The molecule has 0 spiro atoms. The third-order valence-corrected chi connectivity index (χ3v) is 2.66. The van der Waals surface area contributed by atoms with Crippen LogP contribution in [0.1, 0.15) is 10.5 Å². The molecule has 1 aromatic carbocycles. The summed E-state index contributed by atoms with van der Waals surface area (Å²) in [7, 11) is 0. The first kappa shape index (κ1) is 12.9. The Bertz CT molecular complexity index is 757. The molecule has 21 heavy (non-hydrogen) atoms. The van der Waals surface area contributed by atoms with Crippen molar-refractivity contribution in [2.75, 3.05) is 5.32 Å². The summed E-state index contributed by atoms with van der Waals surface area (Å²) < 4.78 is 14.9. The molecule has 0 bridgehead atoms. The summed E-state index contributed by atoms with van der Waals surface area (Å²) in [4.78, 5) is 15.7. The Hall–Kier alpha value is -3.16. The Balaban J connectivity index is 1.78. The van der Waals surface area contributed by atoms with Crippen LogP contribution in [0.25, 0.3) is 5.82 Å². The first-order chi connectivity index (χ1) is 10.2. The number of rotatable bonds is 3. The second-order valence-electron chi connectivity index (χ2n) is 4.05. The highest BCUT2D eigenvalue weighted by Gasteiger charge is 2.11. The Labute approximate surface area is 118 Å². The van der Waals surface area contributed by atoms with Crippen LogP contribution < -0.4 is 5.32 Å². The monoisotopic (exact) mass is 284 g/mol. The lowest BCUT2D eigenvalue weighted by molar-refractivity contribution is 0.102. The summed E-state index contributed by atoms with van der Waals surface area (Å²) in [5.74, 6) is -0.634. The fourth-order valence-electron chi connectivity index (χ4n) is 1.64. The molecule has 0 fully saturated rings. The van der Waals surface area contributed by atoms with E-state index >= 15 is 0 Å². The van der Waals surface area contributed by atoms with E-state index in [0.29, 0.717) is 5.82 Å². The van der Waals surface area contributed by atoms with Crippen LogP contribution in [0.4, 0.5) is 10.1 Å². The van der Waals surface area contributed by atoms with Gasteiger partial charge in [0, 0.05) is 0 Å². The molecule has 8 heteroatoms. The quantitative estimate of drug-likeness (QED) is 0.786. The molecule has 1 N–H and O–H groups in total. The van der Waals surface area contributed by atoms with Gasteiger partial charge in [-0.25, -0.2) is 14.1 Å². The summed E-state index contributed by atoms with van der Waals surface area (Å²) in [6.45, 7) is 0. The standard InChI is InChI=1S/C13H9FN6O/c14-9-3-1-2-4-10(9)17-13(21)11-5-6-12(19-18-11)20-8-15-7-16-20/h1-8H,(H,17,21). The maximum absolute atomic E-state index is 13.4. The van der Waals surface area contributed by atoms with E-state index in [2.05, 4.69) is 25.6 Å². The number of hydrogen-bond donors (Lipinski definition) is 1. The summed E-state index contributed by atoms with van der Waals surface area (Å²) in [6.07, 6.45) is 2.82. The lowest BCUT2D eigenvalue weighted by atomic mass is 10.3. The van der Waals surface area contributed by atoms with Gasteiger partial charge < -0.3 is 5.32 Å². The highest BCUT2D eigenvalue weighted by atomic mass is 19.1. The van der Waals surface area contributed by atoms with E-state index in [4.69, 9.17) is 0 Å². The van der Waals surface area contributed by atoms with Crippen molar-refractivity contribution in [3.05, 3.63) is 60.6 Å². The van der Waals surface area contributed by atoms with Crippen LogP contribution in [-0.4, -0.2) is 30.9 Å². The normalized spacial score (nSPS) is 10.3. The molecule has 0 saturated heterocycles. The predicted molar refractivity (Wildman–Crippen MR) is 71.3 cm³/mol. The number of hydrogen-bond acceptors (Lipinski definition) is 5. The SMILES string of the molecule is O=C(Nc1ccccc1F)c1ccc(-n2cncn2)nn1. The summed E-state index contributed by atoms with van der Waals surface area (Å²) in [5.41, 5.74) is 0.159. The average Bonchev–Trinajstić information content (AvgIpc) is 3.04. The highest BCUT2D eigenvalue weighted by molar-refractivity contribution is 6.02. The molecule has 0 saturated carbocycles. The molecule has 3 aromatic rings. The fourth-order valence-corrected chi connectivity index (χ4v) is 1.64. The van der Waals surface area contributed by atoms with Crippen LogP contribution in [0.5, 0.6) is 0 Å². The third-order valence-electron chi connectivity index (χ3n) is 2.66. The van der Waals surface area contributed by atoms with Gasteiger partial charge >= 0.3 is 0 Å². The third kappa shape index (κ3) is 2.73. The van der Waals surface area contributed by atoms with Crippen LogP contribution in [0.3, 0.4) is 0 Å². The number of halogens is 1. The number of nitrogens with zero attached hydrogens (tertiary/aromatic N) is 5. The molecule has 0 aliphatic rings. The van der Waals surface area contributed by atoms with E-state index in [9.17, 15) is 9.18 Å². The van der Waals surface area contributed by atoms with E-state index in [-0.39, 0.29) is 11.4 Å². The molecule has 0 radical (unpaired) electrons. The van der Waals surface area contributed by atoms with Crippen LogP contribution >= 0.6 is 0 Å². The number of amides is 1. The average molecular weight is 284 g/mol. The summed E-state index contributed by atoms with van der Waals surface area (Å²) in [5, 5.41) is 14.0. The van der Waals surface area contributed by atoms with Crippen molar-refractivity contribution in [3.8, 4) is 5.82 Å². The Morgan fingerprint density at radius 1 is 1.14 bits per heavy atom. The molecule has 0 unspecified atom stereocenters. The van der Waals surface area contributed by atoms with Gasteiger partial charge in [0.1, 0.15) is 18.5 Å². The summed E-state index contributed by atoms with van der Waals surface area (Å²) in [6, 6.07) is 8.92. The van der Waals surface area contributed by atoms with Crippen molar-refractivity contribution < 1.29 is 9.18 Å². The van der Waals surface area contributed by atoms with E-state index in [0.717, 1.165) is 0 Å². The molecule has 3 rings (SSSR count). The fraction of sp³-hybridized carbons (Fsp3) is 0. The minimum atomic E-state index is -0.544. The number of nitrogens with one attached hydrogen (secondary N) is 1. The molecule has 0 aliphatic carbocycles. The van der Waals surface area contributed by atoms with Gasteiger partial charge in [-0.1, -0.05) is 12.1 Å². The molecule has 7 nitrogen and oxygen atoms in total. The first-order valence-electron chi connectivity index (χ1n) is 5.98. The zero-order valence-corrected chi connectivity index (χ0v) is 10.6. The van der Waals surface area contributed by atoms with Gasteiger partial charge in [-0.05, 0) is 24.3 Å². The van der Waals surface area contributed by atoms with E-state index in [1.807, 2.05) is 0 Å². The summed E-state index contributed by atoms with van der Waals surface area (Å²) >= 11 is 0. The van der Waals surface area contributed by atoms with Crippen LogP contribution in [0.2, 0.25) is 0 Å². The van der Waals surface area contributed by atoms with E-state index < -0.39 is 11.7 Å². The maximum atomic E-state index is 13.4. The second-order valence-corrected chi connectivity index (χ2v) is 4.05. The van der Waals surface area contributed by atoms with Crippen molar-refractivity contribution >= 4 is 11.6 Å². The number of carbonyl (C=O) groups is 1. The maximum Gasteiger partial charge on any atom is 0.276 e. The van der Waals surface area contributed by atoms with Gasteiger partial charge in [0.2, 0.25) is 0 Å². The molecular weight excluding hydrogens is 275 g/mol. The zero-order chi connectivity index (χ0) is 14.7. The number of aromatic nitrogens is 5. The minimum absolute atomic E-state index is 0.0714. The van der Waals surface area contributed by atoms with E-state index in [1.54, 1.807) is 12.1 Å². The van der Waals surface area contributed by atoms with Crippen LogP contribution in [-0.2, 0) is 0 Å². The lowest BCUT2D eigenvalue weighted by Gasteiger charge is -2.05. The number of carbonyl (C=O) groups excluding carboxylic acids is 1. The first-order valence-corrected chi connectivity index (χ1v) is 5.98. The van der Waals surface area contributed by atoms with Crippen molar-refractivity contribution in [1.82, 2.24) is 25.0 Å². The van der Waals surface area contributed by atoms with Gasteiger partial charge in [-0.3, -0.25) is 4.79 Å². The lowest BCUT2D eigenvalue weighted by Crippen LogP contribution is -2.15. The predicted octanol–water partition coefficient (Wildman–Crippen LogP) is 1.45.